The molecule has 0 aliphatic carbocycles. The van der Waals surface area contributed by atoms with Gasteiger partial charge in [-0.25, -0.2) is 9.37 Å². The quantitative estimate of drug-likeness (QED) is 0.490. The molecule has 0 spiro atoms. The minimum Gasteiger partial charge on any atom is -0.343 e. The van der Waals surface area contributed by atoms with Gasteiger partial charge < -0.3 is 9.13 Å². The fourth-order valence-corrected chi connectivity index (χ4v) is 3.91. The van der Waals surface area contributed by atoms with Crippen molar-refractivity contribution in [3.8, 4) is 0 Å². The highest BCUT2D eigenvalue weighted by atomic mass is 19.1. The van der Waals surface area contributed by atoms with E-state index >= 15 is 0 Å². The SMILES string of the molecule is CCn1c(C(Cc2ccc(F)cc2)n2ccnc2)c(C)c2ccccc21. The number of para-hydroxylation sites is 1. The number of aryl methyl sites for hydroxylation is 2. The number of hydrogen-bond donors (Lipinski definition) is 0. The van der Waals surface area contributed by atoms with Crippen LogP contribution in [0.5, 0.6) is 0 Å². The smallest absolute Gasteiger partial charge is 0.123 e. The lowest BCUT2D eigenvalue weighted by atomic mass is 9.99. The number of fused-ring (bicyclic) bond motifs is 1. The van der Waals surface area contributed by atoms with Gasteiger partial charge >= 0.3 is 0 Å². The van der Waals surface area contributed by atoms with Crippen LogP contribution in [-0.2, 0) is 13.0 Å². The third-order valence-electron chi connectivity index (χ3n) is 5.13. The number of hydrogen-bond acceptors (Lipinski definition) is 1. The first-order valence-corrected chi connectivity index (χ1v) is 8.98. The molecular formula is C22H22FN3. The van der Waals surface area contributed by atoms with E-state index in [-0.39, 0.29) is 11.9 Å². The normalized spacial score (nSPS) is 12.6. The van der Waals surface area contributed by atoms with Crippen LogP contribution in [0, 0.1) is 12.7 Å². The van der Waals surface area contributed by atoms with Gasteiger partial charge in [-0.05, 0) is 49.6 Å². The summed E-state index contributed by atoms with van der Waals surface area (Å²) in [5, 5.41) is 1.29. The molecule has 4 rings (SSSR count). The summed E-state index contributed by atoms with van der Waals surface area (Å²) in [6, 6.07) is 15.4. The van der Waals surface area contributed by atoms with Crippen LogP contribution in [0.15, 0.2) is 67.3 Å². The van der Waals surface area contributed by atoms with Crippen LogP contribution in [-0.4, -0.2) is 14.1 Å². The molecule has 0 aliphatic heterocycles. The van der Waals surface area contributed by atoms with Gasteiger partial charge in [-0.1, -0.05) is 30.3 Å². The van der Waals surface area contributed by atoms with Crippen molar-refractivity contribution in [3.63, 3.8) is 0 Å². The van der Waals surface area contributed by atoms with Gasteiger partial charge in [-0.2, -0.15) is 0 Å². The molecule has 4 heteroatoms. The van der Waals surface area contributed by atoms with Gasteiger partial charge in [0.15, 0.2) is 0 Å². The number of imidazole rings is 1. The predicted octanol–water partition coefficient (Wildman–Crippen LogP) is 5.14. The zero-order valence-corrected chi connectivity index (χ0v) is 15.1. The van der Waals surface area contributed by atoms with Crippen LogP contribution < -0.4 is 0 Å². The Hall–Kier alpha value is -2.88. The maximum absolute atomic E-state index is 13.3. The maximum Gasteiger partial charge on any atom is 0.123 e. The average molecular weight is 347 g/mol. The van der Waals surface area contributed by atoms with E-state index in [1.165, 1.54) is 34.3 Å². The Morgan fingerprint density at radius 2 is 1.85 bits per heavy atom. The van der Waals surface area contributed by atoms with Crippen molar-refractivity contribution < 1.29 is 4.39 Å². The van der Waals surface area contributed by atoms with Crippen molar-refractivity contribution in [2.24, 2.45) is 0 Å². The van der Waals surface area contributed by atoms with E-state index < -0.39 is 0 Å². The van der Waals surface area contributed by atoms with E-state index in [9.17, 15) is 4.39 Å². The van der Waals surface area contributed by atoms with E-state index in [0.29, 0.717) is 0 Å². The summed E-state index contributed by atoms with van der Waals surface area (Å²) in [5.74, 6) is -0.202. The van der Waals surface area contributed by atoms with Crippen molar-refractivity contribution in [2.75, 3.05) is 0 Å². The predicted molar refractivity (Wildman–Crippen MR) is 103 cm³/mol. The molecule has 132 valence electrons. The Bertz CT molecular complexity index is 1010. The van der Waals surface area contributed by atoms with Gasteiger partial charge in [0.2, 0.25) is 0 Å². The van der Waals surface area contributed by atoms with Crippen LogP contribution in [0.2, 0.25) is 0 Å². The van der Waals surface area contributed by atoms with E-state index in [1.54, 1.807) is 0 Å². The zero-order chi connectivity index (χ0) is 18.1. The summed E-state index contributed by atoms with van der Waals surface area (Å²) in [6.07, 6.45) is 6.47. The number of benzene rings is 2. The van der Waals surface area contributed by atoms with Crippen LogP contribution >= 0.6 is 0 Å². The molecule has 0 bridgehead atoms. The number of nitrogens with zero attached hydrogens (tertiary/aromatic N) is 3. The van der Waals surface area contributed by atoms with Crippen LogP contribution in [0.1, 0.15) is 29.8 Å². The van der Waals surface area contributed by atoms with Gasteiger partial charge in [0.25, 0.3) is 0 Å². The van der Waals surface area contributed by atoms with E-state index in [0.717, 1.165) is 18.5 Å². The van der Waals surface area contributed by atoms with Gasteiger partial charge in [0.05, 0.1) is 12.4 Å². The zero-order valence-electron chi connectivity index (χ0n) is 15.1. The lowest BCUT2D eigenvalue weighted by molar-refractivity contribution is 0.532. The van der Waals surface area contributed by atoms with Crippen LogP contribution in [0.25, 0.3) is 10.9 Å². The topological polar surface area (TPSA) is 22.8 Å². The molecule has 2 aromatic carbocycles. The third kappa shape index (κ3) is 2.81. The molecule has 26 heavy (non-hydrogen) atoms. The van der Waals surface area contributed by atoms with Crippen molar-refractivity contribution in [3.05, 3.63) is 89.9 Å². The van der Waals surface area contributed by atoms with Crippen LogP contribution in [0.4, 0.5) is 4.39 Å². The molecule has 0 N–H and O–H groups in total. The minimum atomic E-state index is -0.202. The Morgan fingerprint density at radius 3 is 2.54 bits per heavy atom. The van der Waals surface area contributed by atoms with E-state index in [1.807, 2.05) is 30.9 Å². The number of aromatic nitrogens is 3. The van der Waals surface area contributed by atoms with Gasteiger partial charge in [0.1, 0.15) is 5.82 Å². The molecule has 2 heterocycles. The summed E-state index contributed by atoms with van der Waals surface area (Å²) in [4.78, 5) is 4.26. The lowest BCUT2D eigenvalue weighted by Gasteiger charge is -2.22. The number of rotatable bonds is 5. The number of halogens is 1. The largest absolute Gasteiger partial charge is 0.343 e. The molecular weight excluding hydrogens is 325 g/mol. The molecule has 1 atom stereocenters. The highest BCUT2D eigenvalue weighted by molar-refractivity contribution is 5.85. The first kappa shape index (κ1) is 16.6. The second-order valence-corrected chi connectivity index (χ2v) is 6.63. The first-order valence-electron chi connectivity index (χ1n) is 8.98. The molecule has 1 unspecified atom stereocenters. The summed E-state index contributed by atoms with van der Waals surface area (Å²) in [5.41, 5.74) is 4.95. The Morgan fingerprint density at radius 1 is 1.08 bits per heavy atom. The highest BCUT2D eigenvalue weighted by Crippen LogP contribution is 2.33. The molecule has 4 aromatic rings. The molecule has 0 saturated carbocycles. The minimum absolute atomic E-state index is 0.107. The monoisotopic (exact) mass is 347 g/mol. The summed E-state index contributed by atoms with van der Waals surface area (Å²) < 4.78 is 17.9. The average Bonchev–Trinajstić information content (AvgIpc) is 3.29. The summed E-state index contributed by atoms with van der Waals surface area (Å²) in [7, 11) is 0. The van der Waals surface area contributed by atoms with E-state index in [2.05, 4.69) is 52.2 Å². The fourth-order valence-electron chi connectivity index (χ4n) is 3.91. The molecule has 0 radical (unpaired) electrons. The third-order valence-corrected chi connectivity index (χ3v) is 5.13. The van der Waals surface area contributed by atoms with E-state index in [4.69, 9.17) is 0 Å². The van der Waals surface area contributed by atoms with Crippen molar-refractivity contribution in [1.29, 1.82) is 0 Å². The summed E-state index contributed by atoms with van der Waals surface area (Å²) in [6.45, 7) is 5.27. The highest BCUT2D eigenvalue weighted by Gasteiger charge is 2.23. The van der Waals surface area contributed by atoms with Crippen molar-refractivity contribution >= 4 is 10.9 Å². The van der Waals surface area contributed by atoms with Gasteiger partial charge in [-0.15, -0.1) is 0 Å². The Kier molecular flexibility index (Phi) is 4.33. The Labute approximate surface area is 152 Å². The molecule has 0 amide bonds. The lowest BCUT2D eigenvalue weighted by Crippen LogP contribution is -2.17. The van der Waals surface area contributed by atoms with Crippen LogP contribution in [0.3, 0.4) is 0 Å². The fraction of sp³-hybridized carbons (Fsp3) is 0.227. The first-order chi connectivity index (χ1) is 12.7. The molecule has 0 aliphatic rings. The van der Waals surface area contributed by atoms with Crippen molar-refractivity contribution in [1.82, 2.24) is 14.1 Å². The Balaban J connectivity index is 1.88. The van der Waals surface area contributed by atoms with Gasteiger partial charge in [0, 0.05) is 35.5 Å². The summed E-state index contributed by atoms with van der Waals surface area (Å²) >= 11 is 0. The van der Waals surface area contributed by atoms with Crippen molar-refractivity contribution in [2.45, 2.75) is 32.9 Å². The second-order valence-electron chi connectivity index (χ2n) is 6.63. The molecule has 3 nitrogen and oxygen atoms in total. The maximum atomic E-state index is 13.3. The van der Waals surface area contributed by atoms with Gasteiger partial charge in [-0.3, -0.25) is 0 Å². The molecule has 0 saturated heterocycles. The standard InChI is InChI=1S/C22H22FN3/c1-3-26-20-7-5-4-6-19(20)16(2)22(26)21(25-13-12-24-15-25)14-17-8-10-18(23)11-9-17/h4-13,15,21H,3,14H2,1-2H3. The molecule has 0 fully saturated rings. The second kappa shape index (κ2) is 6.79. The molecule has 2 aromatic heterocycles.